The maximum absolute atomic E-state index is 12.4. The predicted molar refractivity (Wildman–Crippen MR) is 91.9 cm³/mol. The minimum Gasteiger partial charge on any atom is -0.497 e. The molecule has 0 aliphatic carbocycles. The number of piperidine rings is 1. The lowest BCUT2D eigenvalue weighted by atomic mass is 10.0. The van der Waals surface area contributed by atoms with Crippen LogP contribution in [-0.4, -0.2) is 63.2 Å². The number of amides is 1. The molecule has 126 valence electrons. The molecule has 0 spiro atoms. The molecule has 0 saturated carbocycles. The first-order valence-electron chi connectivity index (χ1n) is 7.90. The standard InChI is InChI=1S/C18H26N2O3/c1-19-11-9-15(10-12-19)20(2)18(21)8-6-14-5-7-16(22-3)13-17(14)23-4/h5-8,13,15H,9-12H2,1-4H3/b8-6+. The summed E-state index contributed by atoms with van der Waals surface area (Å²) in [6, 6.07) is 5.87. The third-order valence-electron chi connectivity index (χ3n) is 4.43. The van der Waals surface area contributed by atoms with Crippen molar-refractivity contribution in [3.63, 3.8) is 0 Å². The molecule has 1 fully saturated rings. The van der Waals surface area contributed by atoms with Crippen molar-refractivity contribution in [2.24, 2.45) is 0 Å². The van der Waals surface area contributed by atoms with E-state index in [1.54, 1.807) is 26.4 Å². The summed E-state index contributed by atoms with van der Waals surface area (Å²) in [5.74, 6) is 1.45. The van der Waals surface area contributed by atoms with Gasteiger partial charge in [0.2, 0.25) is 5.91 Å². The van der Waals surface area contributed by atoms with Gasteiger partial charge in [-0.25, -0.2) is 0 Å². The molecule has 5 heteroatoms. The highest BCUT2D eigenvalue weighted by molar-refractivity contribution is 5.92. The van der Waals surface area contributed by atoms with Crippen LogP contribution >= 0.6 is 0 Å². The average Bonchev–Trinajstić information content (AvgIpc) is 2.59. The lowest BCUT2D eigenvalue weighted by molar-refractivity contribution is -0.127. The molecule has 0 N–H and O–H groups in total. The van der Waals surface area contributed by atoms with Crippen LogP contribution in [-0.2, 0) is 4.79 Å². The number of likely N-dealkylation sites (N-methyl/N-ethyl adjacent to an activating group) is 1. The van der Waals surface area contributed by atoms with Gasteiger partial charge in [0.15, 0.2) is 0 Å². The molecule has 1 amide bonds. The Morgan fingerprint density at radius 2 is 1.96 bits per heavy atom. The Bertz CT molecular complexity index is 563. The molecule has 0 atom stereocenters. The van der Waals surface area contributed by atoms with Crippen LogP contribution in [0.25, 0.3) is 6.08 Å². The number of ether oxygens (including phenoxy) is 2. The number of likely N-dealkylation sites (tertiary alicyclic amines) is 1. The molecule has 0 aromatic heterocycles. The molecule has 23 heavy (non-hydrogen) atoms. The van der Waals surface area contributed by atoms with Gasteiger partial charge in [0.1, 0.15) is 11.5 Å². The van der Waals surface area contributed by atoms with E-state index in [2.05, 4.69) is 11.9 Å². The Morgan fingerprint density at radius 3 is 2.57 bits per heavy atom. The van der Waals surface area contributed by atoms with Gasteiger partial charge in [-0.2, -0.15) is 0 Å². The summed E-state index contributed by atoms with van der Waals surface area (Å²) in [5, 5.41) is 0. The van der Waals surface area contributed by atoms with Crippen molar-refractivity contribution >= 4 is 12.0 Å². The van der Waals surface area contributed by atoms with E-state index in [0.29, 0.717) is 11.8 Å². The minimum absolute atomic E-state index is 0.0254. The highest BCUT2D eigenvalue weighted by Gasteiger charge is 2.22. The van der Waals surface area contributed by atoms with Gasteiger partial charge in [-0.1, -0.05) is 0 Å². The number of carbonyl (C=O) groups excluding carboxylic acids is 1. The molecular weight excluding hydrogens is 292 g/mol. The second kappa shape index (κ2) is 8.02. The molecule has 0 unspecified atom stereocenters. The summed E-state index contributed by atoms with van der Waals surface area (Å²) in [6.45, 7) is 2.08. The number of rotatable bonds is 5. The third kappa shape index (κ3) is 4.48. The van der Waals surface area contributed by atoms with Gasteiger partial charge in [-0.3, -0.25) is 4.79 Å². The Balaban J connectivity index is 2.03. The molecule has 5 nitrogen and oxygen atoms in total. The van der Waals surface area contributed by atoms with Gasteiger partial charge < -0.3 is 19.3 Å². The number of nitrogens with zero attached hydrogens (tertiary/aromatic N) is 2. The second-order valence-electron chi connectivity index (χ2n) is 5.92. The van der Waals surface area contributed by atoms with Gasteiger partial charge in [-0.05, 0) is 51.2 Å². The zero-order valence-corrected chi connectivity index (χ0v) is 14.4. The monoisotopic (exact) mass is 318 g/mol. The number of carbonyl (C=O) groups is 1. The molecule has 1 saturated heterocycles. The van der Waals surface area contributed by atoms with Crippen LogP contribution in [0.5, 0.6) is 11.5 Å². The van der Waals surface area contributed by atoms with Gasteiger partial charge in [0, 0.05) is 30.8 Å². The fraction of sp³-hybridized carbons (Fsp3) is 0.500. The molecule has 1 heterocycles. The fourth-order valence-electron chi connectivity index (χ4n) is 2.80. The maximum atomic E-state index is 12.4. The number of hydrogen-bond acceptors (Lipinski definition) is 4. The fourth-order valence-corrected chi connectivity index (χ4v) is 2.80. The maximum Gasteiger partial charge on any atom is 0.246 e. The second-order valence-corrected chi connectivity index (χ2v) is 5.92. The van der Waals surface area contributed by atoms with Crippen molar-refractivity contribution in [3.8, 4) is 11.5 Å². The summed E-state index contributed by atoms with van der Waals surface area (Å²) < 4.78 is 10.5. The smallest absolute Gasteiger partial charge is 0.246 e. The number of methoxy groups -OCH3 is 2. The highest BCUT2D eigenvalue weighted by atomic mass is 16.5. The summed E-state index contributed by atoms with van der Waals surface area (Å²) in [4.78, 5) is 16.5. The van der Waals surface area contributed by atoms with Crippen molar-refractivity contribution in [3.05, 3.63) is 29.8 Å². The van der Waals surface area contributed by atoms with Crippen LogP contribution in [0.4, 0.5) is 0 Å². The van der Waals surface area contributed by atoms with Crippen molar-refractivity contribution in [1.29, 1.82) is 0 Å². The van der Waals surface area contributed by atoms with Gasteiger partial charge >= 0.3 is 0 Å². The Kier molecular flexibility index (Phi) is 6.04. The molecule has 1 aliphatic heterocycles. The first-order chi connectivity index (χ1) is 11.0. The molecule has 1 aromatic rings. The molecule has 2 rings (SSSR count). The Morgan fingerprint density at radius 1 is 1.26 bits per heavy atom. The van der Waals surface area contributed by atoms with Gasteiger partial charge in [0.05, 0.1) is 14.2 Å². The van der Waals surface area contributed by atoms with Crippen LogP contribution in [0.15, 0.2) is 24.3 Å². The predicted octanol–water partition coefficient (Wildman–Crippen LogP) is 2.27. The normalized spacial score (nSPS) is 16.5. The van der Waals surface area contributed by atoms with E-state index in [-0.39, 0.29) is 5.91 Å². The Hall–Kier alpha value is -2.01. The lowest BCUT2D eigenvalue weighted by Crippen LogP contribution is -2.43. The van der Waals surface area contributed by atoms with Crippen LogP contribution < -0.4 is 9.47 Å². The van der Waals surface area contributed by atoms with E-state index in [0.717, 1.165) is 37.2 Å². The summed E-state index contributed by atoms with van der Waals surface area (Å²) in [5.41, 5.74) is 0.860. The summed E-state index contributed by atoms with van der Waals surface area (Å²) in [7, 11) is 7.23. The number of benzene rings is 1. The lowest BCUT2D eigenvalue weighted by Gasteiger charge is -2.34. The quantitative estimate of drug-likeness (QED) is 0.781. The highest BCUT2D eigenvalue weighted by Crippen LogP contribution is 2.25. The molecule has 0 radical (unpaired) electrons. The first kappa shape index (κ1) is 17.3. The van der Waals surface area contributed by atoms with Crippen molar-refractivity contribution in [1.82, 2.24) is 9.80 Å². The van der Waals surface area contributed by atoms with Crippen LogP contribution in [0.1, 0.15) is 18.4 Å². The van der Waals surface area contributed by atoms with Gasteiger partial charge in [-0.15, -0.1) is 0 Å². The van der Waals surface area contributed by atoms with Crippen molar-refractivity contribution in [2.45, 2.75) is 18.9 Å². The first-order valence-corrected chi connectivity index (χ1v) is 7.90. The summed E-state index contributed by atoms with van der Waals surface area (Å²) >= 11 is 0. The van der Waals surface area contributed by atoms with Crippen LogP contribution in [0, 0.1) is 0 Å². The third-order valence-corrected chi connectivity index (χ3v) is 4.43. The Labute approximate surface area is 138 Å². The zero-order chi connectivity index (χ0) is 16.8. The SMILES string of the molecule is COc1ccc(/C=C/C(=O)N(C)C2CCN(C)CC2)c(OC)c1. The van der Waals surface area contributed by atoms with Crippen molar-refractivity contribution < 1.29 is 14.3 Å². The van der Waals surface area contributed by atoms with E-state index in [4.69, 9.17) is 9.47 Å². The van der Waals surface area contributed by atoms with E-state index in [1.807, 2.05) is 30.1 Å². The van der Waals surface area contributed by atoms with Crippen LogP contribution in [0.2, 0.25) is 0 Å². The van der Waals surface area contributed by atoms with E-state index in [1.165, 1.54) is 0 Å². The molecule has 0 bridgehead atoms. The van der Waals surface area contributed by atoms with E-state index in [9.17, 15) is 4.79 Å². The number of hydrogen-bond donors (Lipinski definition) is 0. The van der Waals surface area contributed by atoms with Crippen molar-refractivity contribution in [2.75, 3.05) is 41.4 Å². The van der Waals surface area contributed by atoms with Crippen LogP contribution in [0.3, 0.4) is 0 Å². The molecule has 1 aliphatic rings. The molecule has 1 aromatic carbocycles. The summed E-state index contributed by atoms with van der Waals surface area (Å²) in [6.07, 6.45) is 5.46. The van der Waals surface area contributed by atoms with E-state index < -0.39 is 0 Å². The zero-order valence-electron chi connectivity index (χ0n) is 14.4. The van der Waals surface area contributed by atoms with Gasteiger partial charge in [0.25, 0.3) is 0 Å². The average molecular weight is 318 g/mol. The topological polar surface area (TPSA) is 42.0 Å². The van der Waals surface area contributed by atoms with E-state index >= 15 is 0 Å². The largest absolute Gasteiger partial charge is 0.497 e. The molecular formula is C18H26N2O3. The minimum atomic E-state index is 0.0254.